The minimum Gasteiger partial charge on any atom is -0.413 e. The van der Waals surface area contributed by atoms with Crippen LogP contribution in [0, 0.1) is 11.3 Å². The summed E-state index contributed by atoms with van der Waals surface area (Å²) in [5.74, 6) is 0.592. The Bertz CT molecular complexity index is 606. The van der Waals surface area contributed by atoms with Crippen LogP contribution >= 0.6 is 0 Å². The number of rotatable bonds is 4. The molecule has 0 radical (unpaired) electrons. The fourth-order valence-electron chi connectivity index (χ4n) is 5.14. The average molecular weight is 413 g/mol. The van der Waals surface area contributed by atoms with Crippen LogP contribution in [-0.4, -0.2) is 46.8 Å². The van der Waals surface area contributed by atoms with Crippen molar-refractivity contribution >= 4 is 22.4 Å². The molecule has 0 aromatic rings. The van der Waals surface area contributed by atoms with Crippen molar-refractivity contribution in [2.24, 2.45) is 11.3 Å². The Morgan fingerprint density at radius 2 is 1.78 bits per heavy atom. The van der Waals surface area contributed by atoms with Gasteiger partial charge in [-0.3, -0.25) is 4.79 Å². The number of Topliss-reactive ketones (excluding diaryl/α,β-unsaturated/α-hetero) is 1. The third-order valence-electron chi connectivity index (χ3n) is 7.72. The van der Waals surface area contributed by atoms with Gasteiger partial charge in [0.25, 0.3) is 0 Å². The molecule has 4 nitrogen and oxygen atoms in total. The lowest BCUT2D eigenvalue weighted by Gasteiger charge is -2.67. The van der Waals surface area contributed by atoms with Gasteiger partial charge in [-0.2, -0.15) is 0 Å². The first-order chi connectivity index (χ1) is 12.1. The molecule has 0 N–H and O–H groups in total. The van der Waals surface area contributed by atoms with Crippen molar-refractivity contribution in [1.29, 1.82) is 0 Å². The van der Waals surface area contributed by atoms with E-state index < -0.39 is 16.6 Å². The average Bonchev–Trinajstić information content (AvgIpc) is 2.47. The molecule has 0 bridgehead atoms. The van der Waals surface area contributed by atoms with Gasteiger partial charge in [-0.25, -0.2) is 0 Å². The fourth-order valence-corrected chi connectivity index (χ4v) is 8.04. The zero-order valence-electron chi connectivity index (χ0n) is 18.9. The van der Waals surface area contributed by atoms with Crippen molar-refractivity contribution in [3.63, 3.8) is 0 Å². The normalized spacial score (nSPS) is 40.2. The Hall–Kier alpha value is -0.0162. The van der Waals surface area contributed by atoms with Crippen molar-refractivity contribution in [3.8, 4) is 0 Å². The Labute approximate surface area is 168 Å². The molecule has 3 aliphatic rings. The van der Waals surface area contributed by atoms with Crippen molar-refractivity contribution < 1.29 is 18.4 Å². The SMILES string of the molecule is CC(C)(C)[Si](C)(C)O[C@H]1C[C@H]2OC[C@@]2(O[Si](C)(C)C)[C@H]2CC(=O)CC[C@]12C. The van der Waals surface area contributed by atoms with Gasteiger partial charge in [-0.1, -0.05) is 27.7 Å². The van der Waals surface area contributed by atoms with Crippen LogP contribution in [0.3, 0.4) is 0 Å². The quantitative estimate of drug-likeness (QED) is 0.599. The van der Waals surface area contributed by atoms with E-state index in [4.69, 9.17) is 13.6 Å². The molecule has 6 heteroatoms. The molecule has 3 fully saturated rings. The monoisotopic (exact) mass is 412 g/mol. The first-order valence-corrected chi connectivity index (χ1v) is 16.9. The van der Waals surface area contributed by atoms with E-state index in [1.165, 1.54) is 0 Å². The largest absolute Gasteiger partial charge is 0.413 e. The standard InChI is InChI=1S/C21H40O4Si2/c1-19(2,3)27(8,9)24-17-13-18-21(14-23-18,25-26(5,6)7)16-12-15(22)10-11-20(16,17)4/h16-18H,10-14H2,1-9H3/t16-,17-,18+,20-,21+/m0/s1. The minimum absolute atomic E-state index is 0.0106. The van der Waals surface area contributed by atoms with Crippen LogP contribution in [0.2, 0.25) is 37.8 Å². The summed E-state index contributed by atoms with van der Waals surface area (Å²) in [7, 11) is -3.66. The molecule has 1 aliphatic heterocycles. The molecule has 0 amide bonds. The topological polar surface area (TPSA) is 44.8 Å². The van der Waals surface area contributed by atoms with E-state index in [0.29, 0.717) is 25.2 Å². The molecular formula is C21H40O4Si2. The van der Waals surface area contributed by atoms with Gasteiger partial charge in [0.05, 0.1) is 18.8 Å². The summed E-state index contributed by atoms with van der Waals surface area (Å²) in [5, 5.41) is 0.174. The van der Waals surface area contributed by atoms with Crippen LogP contribution in [0.1, 0.15) is 53.4 Å². The first-order valence-electron chi connectivity index (χ1n) is 10.6. The highest BCUT2D eigenvalue weighted by Crippen LogP contribution is 2.61. The fraction of sp³-hybridized carbons (Fsp3) is 0.952. The lowest BCUT2D eigenvalue weighted by molar-refractivity contribution is -0.311. The summed E-state index contributed by atoms with van der Waals surface area (Å²) in [6.07, 6.45) is 3.34. The summed E-state index contributed by atoms with van der Waals surface area (Å²) in [6, 6.07) is 0. The molecule has 2 aliphatic carbocycles. The third kappa shape index (κ3) is 3.65. The molecule has 1 heterocycles. The van der Waals surface area contributed by atoms with Gasteiger partial charge < -0.3 is 13.6 Å². The molecule has 0 spiro atoms. The highest BCUT2D eigenvalue weighted by molar-refractivity contribution is 6.74. The smallest absolute Gasteiger partial charge is 0.192 e. The second kappa shape index (κ2) is 6.49. The van der Waals surface area contributed by atoms with Gasteiger partial charge >= 0.3 is 0 Å². The zero-order chi connectivity index (χ0) is 20.5. The Morgan fingerprint density at radius 1 is 1.15 bits per heavy atom. The third-order valence-corrected chi connectivity index (χ3v) is 13.2. The van der Waals surface area contributed by atoms with E-state index in [1.54, 1.807) is 0 Å². The number of hydrogen-bond acceptors (Lipinski definition) is 4. The van der Waals surface area contributed by atoms with Crippen molar-refractivity contribution in [3.05, 3.63) is 0 Å². The van der Waals surface area contributed by atoms with Crippen LogP contribution in [0.25, 0.3) is 0 Å². The second-order valence-electron chi connectivity index (χ2n) is 11.9. The zero-order valence-corrected chi connectivity index (χ0v) is 20.9. The number of carbonyl (C=O) groups is 1. The predicted molar refractivity (Wildman–Crippen MR) is 114 cm³/mol. The molecule has 0 unspecified atom stereocenters. The van der Waals surface area contributed by atoms with E-state index in [1.807, 2.05) is 0 Å². The number of fused-ring (bicyclic) bond motifs is 3. The number of ketones is 1. The highest BCUT2D eigenvalue weighted by atomic mass is 28.4. The Kier molecular flexibility index (Phi) is 5.21. The maximum Gasteiger partial charge on any atom is 0.192 e. The summed E-state index contributed by atoms with van der Waals surface area (Å²) in [6.45, 7) is 21.3. The maximum absolute atomic E-state index is 12.5. The van der Waals surface area contributed by atoms with Crippen molar-refractivity contribution in [2.45, 2.75) is 109 Å². The first kappa shape index (κ1) is 21.7. The summed E-state index contributed by atoms with van der Waals surface area (Å²) < 4.78 is 19.9. The van der Waals surface area contributed by atoms with Gasteiger partial charge in [-0.05, 0) is 49.6 Å². The summed E-state index contributed by atoms with van der Waals surface area (Å²) in [5.41, 5.74) is -0.286. The molecule has 0 aromatic heterocycles. The van der Waals surface area contributed by atoms with Crippen LogP contribution in [0.15, 0.2) is 0 Å². The number of carbonyl (C=O) groups excluding carboxylic acids is 1. The molecule has 27 heavy (non-hydrogen) atoms. The van der Waals surface area contributed by atoms with E-state index >= 15 is 0 Å². The van der Waals surface area contributed by atoms with Crippen molar-refractivity contribution in [2.75, 3.05) is 6.61 Å². The Balaban J connectivity index is 1.96. The van der Waals surface area contributed by atoms with Gasteiger partial charge in [0, 0.05) is 25.2 Å². The van der Waals surface area contributed by atoms with Gasteiger partial charge in [0.1, 0.15) is 11.4 Å². The minimum atomic E-state index is -1.90. The molecule has 156 valence electrons. The lowest BCUT2D eigenvalue weighted by Crippen LogP contribution is -2.76. The summed E-state index contributed by atoms with van der Waals surface area (Å²) >= 11 is 0. The molecule has 2 saturated carbocycles. The van der Waals surface area contributed by atoms with Gasteiger partial charge in [0.2, 0.25) is 0 Å². The van der Waals surface area contributed by atoms with E-state index in [0.717, 1.165) is 12.8 Å². The second-order valence-corrected chi connectivity index (χ2v) is 21.1. The van der Waals surface area contributed by atoms with Gasteiger partial charge in [-0.15, -0.1) is 0 Å². The van der Waals surface area contributed by atoms with E-state index in [9.17, 15) is 4.79 Å². The number of ether oxygens (including phenoxy) is 1. The molecule has 5 atom stereocenters. The lowest BCUT2D eigenvalue weighted by atomic mass is 9.51. The molecule has 0 aromatic carbocycles. The Morgan fingerprint density at radius 3 is 2.26 bits per heavy atom. The summed E-state index contributed by atoms with van der Waals surface area (Å²) in [4.78, 5) is 12.5. The highest BCUT2D eigenvalue weighted by Gasteiger charge is 2.68. The maximum atomic E-state index is 12.5. The predicted octanol–water partition coefficient (Wildman–Crippen LogP) is 5.15. The molecule has 1 saturated heterocycles. The number of hydrogen-bond donors (Lipinski definition) is 0. The van der Waals surface area contributed by atoms with E-state index in [2.05, 4.69) is 60.4 Å². The van der Waals surface area contributed by atoms with Crippen LogP contribution in [0.4, 0.5) is 0 Å². The molecular weight excluding hydrogens is 372 g/mol. The van der Waals surface area contributed by atoms with Crippen LogP contribution < -0.4 is 0 Å². The molecule has 3 rings (SSSR count). The van der Waals surface area contributed by atoms with Gasteiger partial charge in [0.15, 0.2) is 16.6 Å². The van der Waals surface area contributed by atoms with Crippen LogP contribution in [0.5, 0.6) is 0 Å². The van der Waals surface area contributed by atoms with E-state index in [-0.39, 0.29) is 34.2 Å². The van der Waals surface area contributed by atoms with Crippen LogP contribution in [-0.2, 0) is 18.4 Å². The van der Waals surface area contributed by atoms with Crippen molar-refractivity contribution in [1.82, 2.24) is 0 Å².